The molecule has 0 radical (unpaired) electrons. The van der Waals surface area contributed by atoms with Crippen LogP contribution in [0.3, 0.4) is 0 Å². The molecule has 0 atom stereocenters. The van der Waals surface area contributed by atoms with Crippen LogP contribution in [-0.2, 0) is 0 Å². The number of benzene rings is 1. The van der Waals surface area contributed by atoms with E-state index < -0.39 is 0 Å². The molecule has 0 amide bonds. The van der Waals surface area contributed by atoms with E-state index in [-0.39, 0.29) is 0 Å². The average Bonchev–Trinajstić information content (AvgIpc) is 2.33. The molecule has 1 heterocycles. The van der Waals surface area contributed by atoms with Gasteiger partial charge in [-0.2, -0.15) is 5.26 Å². The zero-order chi connectivity index (χ0) is 14.0. The largest absolute Gasteiger partial charge is 0.456 e. The molecule has 0 aliphatic heterocycles. The number of aryl methyl sites for hydroxylation is 3. The normalized spacial score (nSPS) is 10.1. The van der Waals surface area contributed by atoms with Crippen LogP contribution in [0.25, 0.3) is 0 Å². The summed E-state index contributed by atoms with van der Waals surface area (Å²) >= 11 is 5.96. The van der Waals surface area contributed by atoms with Gasteiger partial charge in [0.05, 0.1) is 5.69 Å². The molecule has 0 saturated carbocycles. The van der Waals surface area contributed by atoms with E-state index in [1.165, 1.54) is 0 Å². The molecular formula is C15H13ClN2O. The number of halogens is 1. The third-order valence-electron chi connectivity index (χ3n) is 2.77. The molecule has 4 heteroatoms. The molecule has 0 saturated heterocycles. The van der Waals surface area contributed by atoms with Crippen molar-refractivity contribution in [3.05, 3.63) is 51.8 Å². The van der Waals surface area contributed by atoms with Crippen LogP contribution >= 0.6 is 11.6 Å². The summed E-state index contributed by atoms with van der Waals surface area (Å²) in [6.45, 7) is 5.59. The molecule has 1 aromatic heterocycles. The van der Waals surface area contributed by atoms with E-state index in [1.54, 1.807) is 25.1 Å². The van der Waals surface area contributed by atoms with E-state index in [4.69, 9.17) is 16.3 Å². The molecule has 19 heavy (non-hydrogen) atoms. The number of pyridine rings is 1. The predicted octanol–water partition coefficient (Wildman–Crippen LogP) is 4.32. The zero-order valence-electron chi connectivity index (χ0n) is 11.0. The Hall–Kier alpha value is -2.05. The minimum absolute atomic E-state index is 0.449. The Balaban J connectivity index is 2.49. The Labute approximate surface area is 117 Å². The van der Waals surface area contributed by atoms with Crippen LogP contribution in [0.1, 0.15) is 22.5 Å². The van der Waals surface area contributed by atoms with Gasteiger partial charge in [0.2, 0.25) is 0 Å². The Morgan fingerprint density at radius 1 is 1.16 bits per heavy atom. The molecule has 0 aliphatic rings. The predicted molar refractivity (Wildman–Crippen MR) is 74.7 cm³/mol. The topological polar surface area (TPSA) is 45.9 Å². The van der Waals surface area contributed by atoms with Gasteiger partial charge in [-0.05, 0) is 38.5 Å². The first-order chi connectivity index (χ1) is 9.01. The van der Waals surface area contributed by atoms with Crippen LogP contribution in [0.5, 0.6) is 11.5 Å². The molecule has 2 rings (SSSR count). The maximum Gasteiger partial charge on any atom is 0.148 e. The van der Waals surface area contributed by atoms with Gasteiger partial charge in [0.1, 0.15) is 23.1 Å². The minimum atomic E-state index is 0.449. The molecule has 0 spiro atoms. The van der Waals surface area contributed by atoms with E-state index in [0.717, 1.165) is 11.3 Å². The third kappa shape index (κ3) is 2.86. The zero-order valence-corrected chi connectivity index (χ0v) is 11.7. The van der Waals surface area contributed by atoms with Crippen molar-refractivity contribution in [2.45, 2.75) is 20.8 Å². The first-order valence-corrected chi connectivity index (χ1v) is 6.21. The lowest BCUT2D eigenvalue weighted by Crippen LogP contribution is -1.97. The summed E-state index contributed by atoms with van der Waals surface area (Å²) in [4.78, 5) is 4.26. The summed E-state index contributed by atoms with van der Waals surface area (Å²) in [6, 6.07) is 9.30. The van der Waals surface area contributed by atoms with Crippen LogP contribution in [0, 0.1) is 32.1 Å². The molecule has 3 nitrogen and oxygen atoms in total. The minimum Gasteiger partial charge on any atom is -0.456 e. The second kappa shape index (κ2) is 5.29. The highest BCUT2D eigenvalue weighted by Crippen LogP contribution is 2.31. The van der Waals surface area contributed by atoms with E-state index in [0.29, 0.717) is 27.8 Å². The molecule has 0 N–H and O–H groups in total. The number of hydrogen-bond donors (Lipinski definition) is 0. The van der Waals surface area contributed by atoms with Gasteiger partial charge in [-0.15, -0.1) is 0 Å². The first-order valence-electron chi connectivity index (χ1n) is 5.83. The Morgan fingerprint density at radius 2 is 1.89 bits per heavy atom. The number of nitrogens with zero attached hydrogens (tertiary/aromatic N) is 2. The summed E-state index contributed by atoms with van der Waals surface area (Å²) in [5.74, 6) is 1.16. The monoisotopic (exact) mass is 272 g/mol. The van der Waals surface area contributed by atoms with Crippen molar-refractivity contribution in [2.75, 3.05) is 0 Å². The van der Waals surface area contributed by atoms with Gasteiger partial charge in [0, 0.05) is 16.8 Å². The van der Waals surface area contributed by atoms with Gasteiger partial charge in [-0.3, -0.25) is 4.98 Å². The van der Waals surface area contributed by atoms with Crippen LogP contribution in [0.4, 0.5) is 0 Å². The molecule has 1 aromatic carbocycles. The Bertz CT molecular complexity index is 675. The molecule has 0 unspecified atom stereocenters. The van der Waals surface area contributed by atoms with Gasteiger partial charge < -0.3 is 4.74 Å². The van der Waals surface area contributed by atoms with Crippen molar-refractivity contribution >= 4 is 11.6 Å². The molecule has 96 valence electrons. The number of nitriles is 1. The Kier molecular flexibility index (Phi) is 3.73. The summed E-state index contributed by atoms with van der Waals surface area (Å²) in [5, 5.41) is 9.79. The Morgan fingerprint density at radius 3 is 2.58 bits per heavy atom. The average molecular weight is 273 g/mol. The summed E-state index contributed by atoms with van der Waals surface area (Å²) < 4.78 is 5.83. The highest BCUT2D eigenvalue weighted by Gasteiger charge is 2.11. The second-order valence-corrected chi connectivity index (χ2v) is 4.78. The number of ether oxygens (including phenoxy) is 1. The van der Waals surface area contributed by atoms with Crippen molar-refractivity contribution in [1.29, 1.82) is 5.26 Å². The first kappa shape index (κ1) is 13.4. The highest BCUT2D eigenvalue weighted by atomic mass is 35.5. The van der Waals surface area contributed by atoms with E-state index in [9.17, 15) is 5.26 Å². The molecular weight excluding hydrogens is 260 g/mol. The summed E-state index contributed by atoms with van der Waals surface area (Å²) in [6.07, 6.45) is 0. The number of aromatic nitrogens is 1. The van der Waals surface area contributed by atoms with Crippen LogP contribution in [0.15, 0.2) is 24.3 Å². The maximum atomic E-state index is 9.20. The molecule has 2 aromatic rings. The lowest BCUT2D eigenvalue weighted by Gasteiger charge is -2.12. The van der Waals surface area contributed by atoms with Crippen LogP contribution < -0.4 is 4.74 Å². The SMILES string of the molecule is Cc1cc(Oc2cc(Cl)ccc2C)c(C#N)c(C)n1. The fourth-order valence-electron chi connectivity index (χ4n) is 1.81. The van der Waals surface area contributed by atoms with Crippen molar-refractivity contribution in [3.8, 4) is 17.6 Å². The molecule has 0 fully saturated rings. The third-order valence-corrected chi connectivity index (χ3v) is 3.01. The van der Waals surface area contributed by atoms with Crippen molar-refractivity contribution in [3.63, 3.8) is 0 Å². The van der Waals surface area contributed by atoms with Gasteiger partial charge in [0.15, 0.2) is 0 Å². The van der Waals surface area contributed by atoms with E-state index in [1.807, 2.05) is 19.9 Å². The van der Waals surface area contributed by atoms with Crippen molar-refractivity contribution in [2.24, 2.45) is 0 Å². The summed E-state index contributed by atoms with van der Waals surface area (Å²) in [7, 11) is 0. The van der Waals surface area contributed by atoms with Crippen LogP contribution in [-0.4, -0.2) is 4.98 Å². The van der Waals surface area contributed by atoms with E-state index in [2.05, 4.69) is 11.1 Å². The van der Waals surface area contributed by atoms with Gasteiger partial charge >= 0.3 is 0 Å². The fraction of sp³-hybridized carbons (Fsp3) is 0.200. The van der Waals surface area contributed by atoms with Crippen molar-refractivity contribution in [1.82, 2.24) is 4.98 Å². The number of rotatable bonds is 2. The maximum absolute atomic E-state index is 9.20. The standard InChI is InChI=1S/C15H13ClN2O/c1-9-4-5-12(16)7-14(9)19-15-6-10(2)18-11(3)13(15)8-17/h4-7H,1-3H3. The summed E-state index contributed by atoms with van der Waals surface area (Å²) in [5.41, 5.74) is 2.88. The highest BCUT2D eigenvalue weighted by molar-refractivity contribution is 6.30. The molecule has 0 bridgehead atoms. The van der Waals surface area contributed by atoms with Gasteiger partial charge in [-0.1, -0.05) is 17.7 Å². The van der Waals surface area contributed by atoms with Gasteiger partial charge in [-0.25, -0.2) is 0 Å². The quantitative estimate of drug-likeness (QED) is 0.818. The van der Waals surface area contributed by atoms with Gasteiger partial charge in [0.25, 0.3) is 0 Å². The lowest BCUT2D eigenvalue weighted by atomic mass is 10.1. The smallest absolute Gasteiger partial charge is 0.148 e. The van der Waals surface area contributed by atoms with Crippen LogP contribution in [0.2, 0.25) is 5.02 Å². The molecule has 0 aliphatic carbocycles. The van der Waals surface area contributed by atoms with E-state index >= 15 is 0 Å². The second-order valence-electron chi connectivity index (χ2n) is 4.35. The fourth-order valence-corrected chi connectivity index (χ4v) is 1.97. The number of hydrogen-bond acceptors (Lipinski definition) is 3. The van der Waals surface area contributed by atoms with Crippen molar-refractivity contribution < 1.29 is 4.74 Å². The lowest BCUT2D eigenvalue weighted by molar-refractivity contribution is 0.475.